The third kappa shape index (κ3) is 2.10. The Kier molecular flexibility index (Phi) is 2.64. The van der Waals surface area contributed by atoms with Crippen molar-refractivity contribution < 1.29 is 8.42 Å². The molecule has 1 heterocycles. The van der Waals surface area contributed by atoms with Crippen molar-refractivity contribution in [1.82, 2.24) is 15.2 Å². The Balaban J connectivity index is 3.13. The van der Waals surface area contributed by atoms with Crippen LogP contribution in [-0.4, -0.2) is 23.6 Å². The van der Waals surface area contributed by atoms with E-state index in [-0.39, 0.29) is 10.6 Å². The molecule has 0 aromatic carbocycles. The smallest absolute Gasteiger partial charge is 0.261 e. The molecular weight excluding hydrogens is 204 g/mol. The minimum absolute atomic E-state index is 0.226. The Morgan fingerprint density at radius 3 is 2.43 bits per heavy atom. The van der Waals surface area contributed by atoms with Crippen LogP contribution >= 0.6 is 0 Å². The fraction of sp³-hybridized carbons (Fsp3) is 0.714. The monoisotopic (exact) mass is 218 g/mol. The van der Waals surface area contributed by atoms with E-state index in [1.165, 1.54) is 0 Å². The molecule has 1 aromatic rings. The predicted octanol–water partition coefficient (Wildman–Crippen LogP) is 0.140. The van der Waals surface area contributed by atoms with E-state index in [1.54, 1.807) is 0 Å². The second-order valence-electron chi connectivity index (χ2n) is 3.75. The summed E-state index contributed by atoms with van der Waals surface area (Å²) in [4.78, 5) is 3.84. The summed E-state index contributed by atoms with van der Waals surface area (Å²) in [5.74, 6) is 0.532. The highest BCUT2D eigenvalue weighted by Gasteiger charge is 2.25. The normalized spacial score (nSPS) is 13.1. The average molecular weight is 218 g/mol. The molecule has 0 fully saturated rings. The highest BCUT2D eigenvalue weighted by Crippen LogP contribution is 2.23. The first kappa shape index (κ1) is 11.1. The Hall–Kier alpha value is -0.950. The highest BCUT2D eigenvalue weighted by atomic mass is 32.2. The lowest BCUT2D eigenvalue weighted by atomic mass is 9.90. The molecule has 0 saturated heterocycles. The van der Waals surface area contributed by atoms with E-state index in [4.69, 9.17) is 5.14 Å². The van der Waals surface area contributed by atoms with Crippen LogP contribution in [0.4, 0.5) is 0 Å². The number of rotatable bonds is 3. The molecule has 3 N–H and O–H groups in total. The quantitative estimate of drug-likeness (QED) is 0.753. The first-order chi connectivity index (χ1) is 6.27. The summed E-state index contributed by atoms with van der Waals surface area (Å²) in [5, 5.41) is 10.7. The number of aromatic amines is 1. The summed E-state index contributed by atoms with van der Waals surface area (Å²) in [6, 6.07) is 0. The lowest BCUT2D eigenvalue weighted by Crippen LogP contribution is -2.18. The molecule has 80 valence electrons. The number of sulfonamides is 1. The van der Waals surface area contributed by atoms with Crippen molar-refractivity contribution in [2.24, 2.45) is 5.14 Å². The van der Waals surface area contributed by atoms with Crippen molar-refractivity contribution in [3.05, 3.63) is 5.82 Å². The van der Waals surface area contributed by atoms with Gasteiger partial charge < -0.3 is 0 Å². The lowest BCUT2D eigenvalue weighted by molar-refractivity contribution is 0.473. The lowest BCUT2D eigenvalue weighted by Gasteiger charge is -2.18. The van der Waals surface area contributed by atoms with E-state index in [9.17, 15) is 8.42 Å². The topological polar surface area (TPSA) is 102 Å². The molecule has 0 aliphatic heterocycles. The number of aromatic nitrogens is 3. The van der Waals surface area contributed by atoms with Gasteiger partial charge in [-0.25, -0.2) is 18.5 Å². The largest absolute Gasteiger partial charge is 0.282 e. The molecule has 1 rings (SSSR count). The van der Waals surface area contributed by atoms with Crippen LogP contribution in [-0.2, 0) is 15.4 Å². The SMILES string of the molecule is CCC(C)(C)c1nc(S(N)(=O)=O)n[nH]1. The van der Waals surface area contributed by atoms with E-state index in [1.807, 2.05) is 20.8 Å². The van der Waals surface area contributed by atoms with Crippen molar-refractivity contribution in [3.63, 3.8) is 0 Å². The molecule has 0 aliphatic rings. The van der Waals surface area contributed by atoms with Gasteiger partial charge in [0.2, 0.25) is 0 Å². The first-order valence-corrected chi connectivity index (χ1v) is 5.77. The van der Waals surface area contributed by atoms with Crippen LogP contribution in [0.15, 0.2) is 5.16 Å². The molecule has 1 aromatic heterocycles. The molecule has 14 heavy (non-hydrogen) atoms. The van der Waals surface area contributed by atoms with Crippen LogP contribution < -0.4 is 5.14 Å². The van der Waals surface area contributed by atoms with E-state index in [2.05, 4.69) is 15.2 Å². The van der Waals surface area contributed by atoms with Gasteiger partial charge in [-0.15, -0.1) is 5.10 Å². The van der Waals surface area contributed by atoms with Crippen molar-refractivity contribution in [3.8, 4) is 0 Å². The van der Waals surface area contributed by atoms with Gasteiger partial charge in [0.1, 0.15) is 5.82 Å². The van der Waals surface area contributed by atoms with Gasteiger partial charge in [-0.1, -0.05) is 20.8 Å². The van der Waals surface area contributed by atoms with Crippen LogP contribution in [0.25, 0.3) is 0 Å². The number of nitrogens with one attached hydrogen (secondary N) is 1. The molecule has 0 saturated carbocycles. The van der Waals surface area contributed by atoms with E-state index < -0.39 is 10.0 Å². The molecular formula is C7H14N4O2S. The molecule has 0 spiro atoms. The van der Waals surface area contributed by atoms with Gasteiger partial charge in [0.15, 0.2) is 0 Å². The Bertz CT molecular complexity index is 421. The van der Waals surface area contributed by atoms with Crippen molar-refractivity contribution in [2.45, 2.75) is 37.8 Å². The standard InChI is InChI=1S/C7H14N4O2S/c1-4-7(2,3)5-9-6(11-10-5)14(8,12)13/h4H2,1-3H3,(H2,8,12,13)(H,9,10,11). The molecule has 7 heteroatoms. The average Bonchev–Trinajstić information content (AvgIpc) is 2.51. The van der Waals surface area contributed by atoms with Crippen LogP contribution in [0.3, 0.4) is 0 Å². The zero-order chi connectivity index (χ0) is 11.0. The summed E-state index contributed by atoms with van der Waals surface area (Å²) < 4.78 is 21.8. The Morgan fingerprint density at radius 2 is 2.07 bits per heavy atom. The maximum absolute atomic E-state index is 10.9. The van der Waals surface area contributed by atoms with Crippen molar-refractivity contribution in [1.29, 1.82) is 0 Å². The second kappa shape index (κ2) is 3.32. The molecule has 0 unspecified atom stereocenters. The van der Waals surface area contributed by atoms with Crippen LogP contribution in [0.1, 0.15) is 33.0 Å². The molecule has 0 radical (unpaired) electrons. The number of primary sulfonamides is 1. The maximum Gasteiger partial charge on any atom is 0.282 e. The van der Waals surface area contributed by atoms with Gasteiger partial charge in [-0.05, 0) is 6.42 Å². The van der Waals surface area contributed by atoms with Gasteiger partial charge in [0.25, 0.3) is 15.2 Å². The minimum atomic E-state index is -3.80. The van der Waals surface area contributed by atoms with Gasteiger partial charge >= 0.3 is 0 Å². The Morgan fingerprint density at radius 1 is 1.50 bits per heavy atom. The first-order valence-electron chi connectivity index (χ1n) is 4.23. The van der Waals surface area contributed by atoms with Crippen molar-refractivity contribution in [2.75, 3.05) is 0 Å². The number of nitrogens with zero attached hydrogens (tertiary/aromatic N) is 2. The molecule has 0 atom stereocenters. The number of hydrogen-bond acceptors (Lipinski definition) is 4. The summed E-state index contributed by atoms with van der Waals surface area (Å²) in [6.45, 7) is 5.87. The second-order valence-corrected chi connectivity index (χ2v) is 5.20. The third-order valence-corrected chi connectivity index (χ3v) is 2.94. The summed E-state index contributed by atoms with van der Waals surface area (Å²) in [6.07, 6.45) is 0.826. The maximum atomic E-state index is 10.9. The van der Waals surface area contributed by atoms with E-state index in [0.29, 0.717) is 5.82 Å². The molecule has 0 amide bonds. The number of hydrogen-bond donors (Lipinski definition) is 2. The van der Waals surface area contributed by atoms with E-state index >= 15 is 0 Å². The third-order valence-electron chi connectivity index (χ3n) is 2.24. The van der Waals surface area contributed by atoms with Gasteiger partial charge in [-0.3, -0.25) is 5.10 Å². The van der Waals surface area contributed by atoms with Crippen LogP contribution in [0, 0.1) is 0 Å². The molecule has 0 bridgehead atoms. The fourth-order valence-corrected chi connectivity index (χ4v) is 1.24. The van der Waals surface area contributed by atoms with Crippen LogP contribution in [0.2, 0.25) is 0 Å². The van der Waals surface area contributed by atoms with Crippen LogP contribution in [0.5, 0.6) is 0 Å². The van der Waals surface area contributed by atoms with E-state index in [0.717, 1.165) is 6.42 Å². The minimum Gasteiger partial charge on any atom is -0.261 e. The number of H-pyrrole nitrogens is 1. The number of nitrogens with two attached hydrogens (primary N) is 1. The van der Waals surface area contributed by atoms with Gasteiger partial charge in [0, 0.05) is 5.41 Å². The zero-order valence-corrected chi connectivity index (χ0v) is 9.22. The zero-order valence-electron chi connectivity index (χ0n) is 8.40. The van der Waals surface area contributed by atoms with Gasteiger partial charge in [-0.2, -0.15) is 0 Å². The fourth-order valence-electron chi connectivity index (χ4n) is 0.844. The predicted molar refractivity (Wildman–Crippen MR) is 51.1 cm³/mol. The molecule has 6 nitrogen and oxygen atoms in total. The summed E-state index contributed by atoms with van der Waals surface area (Å²) in [5.41, 5.74) is -0.226. The highest BCUT2D eigenvalue weighted by molar-refractivity contribution is 7.89. The van der Waals surface area contributed by atoms with Crippen molar-refractivity contribution >= 4 is 10.0 Å². The van der Waals surface area contributed by atoms with Gasteiger partial charge in [0.05, 0.1) is 0 Å². The summed E-state index contributed by atoms with van der Waals surface area (Å²) in [7, 11) is -3.80. The Labute approximate surface area is 83.0 Å². The molecule has 0 aliphatic carbocycles. The summed E-state index contributed by atoms with van der Waals surface area (Å²) >= 11 is 0.